The van der Waals surface area contributed by atoms with Gasteiger partial charge >= 0.3 is 0 Å². The molecule has 0 unspecified atom stereocenters. The van der Waals surface area contributed by atoms with Gasteiger partial charge in [-0.05, 0) is 36.2 Å². The molecule has 0 amide bonds. The van der Waals surface area contributed by atoms with Crippen LogP contribution in [-0.4, -0.2) is 11.6 Å². The zero-order valence-electron chi connectivity index (χ0n) is 10.7. The van der Waals surface area contributed by atoms with Crippen molar-refractivity contribution in [3.63, 3.8) is 0 Å². The molecule has 0 atom stereocenters. The lowest BCUT2D eigenvalue weighted by molar-refractivity contribution is 0.354. The van der Waals surface area contributed by atoms with Crippen LogP contribution in [0.1, 0.15) is 16.7 Å². The first-order valence-electron chi connectivity index (χ1n) is 6.33. The van der Waals surface area contributed by atoms with Gasteiger partial charge in [-0.1, -0.05) is 22.0 Å². The molecule has 0 saturated carbocycles. The Labute approximate surface area is 121 Å². The Hall–Kier alpha value is -1.55. The van der Waals surface area contributed by atoms with Crippen molar-refractivity contribution in [2.75, 3.05) is 11.9 Å². The molecule has 3 nitrogen and oxygen atoms in total. The molecule has 98 valence electrons. The number of aromatic nitrogens is 1. The molecule has 4 heteroatoms. The number of fused-ring (bicyclic) bond motifs is 1. The first-order valence-corrected chi connectivity index (χ1v) is 7.13. The van der Waals surface area contributed by atoms with Crippen molar-refractivity contribution in [2.24, 2.45) is 0 Å². The number of aryl methyl sites for hydroxylation is 1. The molecule has 1 aliphatic rings. The van der Waals surface area contributed by atoms with Crippen LogP contribution >= 0.6 is 15.9 Å². The first-order chi connectivity index (χ1) is 9.24. The van der Waals surface area contributed by atoms with E-state index in [2.05, 4.69) is 51.4 Å². The van der Waals surface area contributed by atoms with Gasteiger partial charge in [0, 0.05) is 29.2 Å². The van der Waals surface area contributed by atoms with Gasteiger partial charge < -0.3 is 10.1 Å². The third-order valence-electron chi connectivity index (χ3n) is 3.28. The van der Waals surface area contributed by atoms with E-state index in [4.69, 9.17) is 4.74 Å². The molecule has 3 rings (SSSR count). The predicted octanol–water partition coefficient (Wildman–Crippen LogP) is 3.70. The van der Waals surface area contributed by atoms with Crippen molar-refractivity contribution in [2.45, 2.75) is 19.9 Å². The van der Waals surface area contributed by atoms with Crippen molar-refractivity contribution in [3.8, 4) is 5.75 Å². The Balaban J connectivity index is 1.83. The second kappa shape index (κ2) is 5.21. The van der Waals surface area contributed by atoms with Gasteiger partial charge in [-0.15, -0.1) is 0 Å². The largest absolute Gasteiger partial charge is 0.493 e. The molecule has 0 saturated heterocycles. The fraction of sp³-hybridized carbons (Fsp3) is 0.267. The zero-order chi connectivity index (χ0) is 13.2. The van der Waals surface area contributed by atoms with Crippen molar-refractivity contribution in [3.05, 3.63) is 51.6 Å². The Morgan fingerprint density at radius 2 is 2.32 bits per heavy atom. The van der Waals surface area contributed by atoms with Crippen molar-refractivity contribution < 1.29 is 4.74 Å². The minimum Gasteiger partial charge on any atom is -0.493 e. The molecule has 2 aromatic rings. The summed E-state index contributed by atoms with van der Waals surface area (Å²) in [6.07, 6.45) is 2.79. The normalized spacial score (nSPS) is 12.9. The molecule has 2 heterocycles. The van der Waals surface area contributed by atoms with Crippen LogP contribution in [0.3, 0.4) is 0 Å². The highest BCUT2D eigenvalue weighted by Crippen LogP contribution is 2.33. The van der Waals surface area contributed by atoms with Crippen molar-refractivity contribution in [1.29, 1.82) is 0 Å². The van der Waals surface area contributed by atoms with Crippen LogP contribution in [0.4, 0.5) is 5.82 Å². The molecule has 1 aromatic heterocycles. The highest BCUT2D eigenvalue weighted by Gasteiger charge is 2.17. The van der Waals surface area contributed by atoms with Crippen LogP contribution in [0, 0.1) is 6.92 Å². The third kappa shape index (κ3) is 2.59. The highest BCUT2D eigenvalue weighted by molar-refractivity contribution is 9.10. The Bertz CT molecular complexity index is 613. The monoisotopic (exact) mass is 318 g/mol. The van der Waals surface area contributed by atoms with Crippen LogP contribution < -0.4 is 10.1 Å². The van der Waals surface area contributed by atoms with Gasteiger partial charge in [0.15, 0.2) is 0 Å². The van der Waals surface area contributed by atoms with Gasteiger partial charge in [-0.2, -0.15) is 0 Å². The van der Waals surface area contributed by atoms with Crippen LogP contribution in [0.2, 0.25) is 0 Å². The third-order valence-corrected chi connectivity index (χ3v) is 3.74. The number of nitrogens with one attached hydrogen (secondary N) is 1. The number of anilines is 1. The summed E-state index contributed by atoms with van der Waals surface area (Å²) in [5, 5.41) is 3.37. The number of hydrogen-bond acceptors (Lipinski definition) is 3. The van der Waals surface area contributed by atoms with Gasteiger partial charge in [-0.3, -0.25) is 0 Å². The summed E-state index contributed by atoms with van der Waals surface area (Å²) in [6, 6.07) is 8.24. The number of pyridine rings is 1. The van der Waals surface area contributed by atoms with E-state index in [0.29, 0.717) is 0 Å². The quantitative estimate of drug-likeness (QED) is 0.937. The summed E-state index contributed by atoms with van der Waals surface area (Å²) < 4.78 is 6.83. The SMILES string of the molecule is Cc1cccnc1NCc1cc(Br)cc2c1OCC2. The van der Waals surface area contributed by atoms with E-state index in [1.54, 1.807) is 6.20 Å². The lowest BCUT2D eigenvalue weighted by Crippen LogP contribution is -2.04. The summed E-state index contributed by atoms with van der Waals surface area (Å²) in [6.45, 7) is 3.55. The molecule has 0 radical (unpaired) electrons. The summed E-state index contributed by atoms with van der Waals surface area (Å²) >= 11 is 3.56. The van der Waals surface area contributed by atoms with Crippen LogP contribution in [0.25, 0.3) is 0 Å². The minimum atomic E-state index is 0.722. The van der Waals surface area contributed by atoms with E-state index >= 15 is 0 Å². The fourth-order valence-electron chi connectivity index (χ4n) is 2.33. The topological polar surface area (TPSA) is 34.2 Å². The van der Waals surface area contributed by atoms with Crippen LogP contribution in [-0.2, 0) is 13.0 Å². The summed E-state index contributed by atoms with van der Waals surface area (Å²) in [5.74, 6) is 1.96. The summed E-state index contributed by atoms with van der Waals surface area (Å²) in [4.78, 5) is 4.35. The van der Waals surface area contributed by atoms with Crippen molar-refractivity contribution >= 4 is 21.7 Å². The van der Waals surface area contributed by atoms with Crippen LogP contribution in [0.15, 0.2) is 34.9 Å². The van der Waals surface area contributed by atoms with Crippen LogP contribution in [0.5, 0.6) is 5.75 Å². The van der Waals surface area contributed by atoms with E-state index in [0.717, 1.165) is 41.2 Å². The number of halogens is 1. The number of hydrogen-bond donors (Lipinski definition) is 1. The van der Waals surface area contributed by atoms with Gasteiger partial charge in [0.2, 0.25) is 0 Å². The molecule has 0 fully saturated rings. The van der Waals surface area contributed by atoms with E-state index < -0.39 is 0 Å². The standard InChI is InChI=1S/C15H15BrN2O/c1-10-3-2-5-17-15(10)18-9-12-8-13(16)7-11-4-6-19-14(11)12/h2-3,5,7-8H,4,6,9H2,1H3,(H,17,18). The zero-order valence-corrected chi connectivity index (χ0v) is 12.3. The summed E-state index contributed by atoms with van der Waals surface area (Å²) in [7, 11) is 0. The second-order valence-electron chi connectivity index (χ2n) is 4.67. The summed E-state index contributed by atoms with van der Waals surface area (Å²) in [5.41, 5.74) is 3.60. The number of rotatable bonds is 3. The average molecular weight is 319 g/mol. The lowest BCUT2D eigenvalue weighted by Gasteiger charge is -2.12. The maximum atomic E-state index is 5.72. The predicted molar refractivity (Wildman–Crippen MR) is 79.6 cm³/mol. The van der Waals surface area contributed by atoms with Gasteiger partial charge in [0.1, 0.15) is 11.6 Å². The lowest BCUT2D eigenvalue weighted by atomic mass is 10.1. The minimum absolute atomic E-state index is 0.722. The number of ether oxygens (including phenoxy) is 1. The van der Waals surface area contributed by atoms with Gasteiger partial charge in [0.05, 0.1) is 6.61 Å². The maximum absolute atomic E-state index is 5.72. The molecule has 1 aliphatic heterocycles. The molecule has 0 bridgehead atoms. The fourth-order valence-corrected chi connectivity index (χ4v) is 2.88. The molecule has 1 aromatic carbocycles. The highest BCUT2D eigenvalue weighted by atomic mass is 79.9. The Morgan fingerprint density at radius 1 is 1.42 bits per heavy atom. The number of benzene rings is 1. The molecular weight excluding hydrogens is 304 g/mol. The van der Waals surface area contributed by atoms with Gasteiger partial charge in [0.25, 0.3) is 0 Å². The maximum Gasteiger partial charge on any atom is 0.129 e. The van der Waals surface area contributed by atoms with E-state index in [-0.39, 0.29) is 0 Å². The Morgan fingerprint density at radius 3 is 3.16 bits per heavy atom. The molecular formula is C15H15BrN2O. The average Bonchev–Trinajstić information content (AvgIpc) is 2.85. The molecule has 1 N–H and O–H groups in total. The molecule has 19 heavy (non-hydrogen) atoms. The Kier molecular flexibility index (Phi) is 3.42. The molecule has 0 aliphatic carbocycles. The second-order valence-corrected chi connectivity index (χ2v) is 5.59. The molecule has 0 spiro atoms. The van der Waals surface area contributed by atoms with Gasteiger partial charge in [-0.25, -0.2) is 4.98 Å². The van der Waals surface area contributed by atoms with E-state index in [1.165, 1.54) is 11.1 Å². The van der Waals surface area contributed by atoms with E-state index in [9.17, 15) is 0 Å². The first kappa shape index (κ1) is 12.5. The van der Waals surface area contributed by atoms with E-state index in [1.807, 2.05) is 6.07 Å². The smallest absolute Gasteiger partial charge is 0.129 e. The number of nitrogens with zero attached hydrogens (tertiary/aromatic N) is 1. The van der Waals surface area contributed by atoms with Crippen molar-refractivity contribution in [1.82, 2.24) is 4.98 Å².